The van der Waals surface area contributed by atoms with Crippen LogP contribution in [-0.2, 0) is 4.74 Å². The number of hydrogen-bond acceptors (Lipinski definition) is 3. The van der Waals surface area contributed by atoms with Crippen LogP contribution in [0, 0.1) is 0 Å². The average Bonchev–Trinajstić information content (AvgIpc) is 2.35. The highest BCUT2D eigenvalue weighted by Gasteiger charge is 2.38. The minimum atomic E-state index is 0.189. The van der Waals surface area contributed by atoms with Gasteiger partial charge in [-0.1, -0.05) is 20.3 Å². The maximum absolute atomic E-state index is 6.03. The molecule has 96 valence electrons. The summed E-state index contributed by atoms with van der Waals surface area (Å²) in [5.41, 5.74) is 6.22. The Morgan fingerprint density at radius 2 is 2.19 bits per heavy atom. The van der Waals surface area contributed by atoms with Crippen molar-refractivity contribution in [3.63, 3.8) is 0 Å². The van der Waals surface area contributed by atoms with Gasteiger partial charge in [-0.2, -0.15) is 0 Å². The van der Waals surface area contributed by atoms with E-state index in [0.717, 1.165) is 39.0 Å². The zero-order valence-corrected chi connectivity index (χ0v) is 11.2. The fourth-order valence-electron chi connectivity index (χ4n) is 2.58. The maximum Gasteiger partial charge on any atom is 0.0590 e. The van der Waals surface area contributed by atoms with Gasteiger partial charge in [0, 0.05) is 18.7 Å². The van der Waals surface area contributed by atoms with Crippen molar-refractivity contribution in [3.05, 3.63) is 0 Å². The summed E-state index contributed by atoms with van der Waals surface area (Å²) in [5.74, 6) is 0. The minimum absolute atomic E-state index is 0.189. The first-order valence-corrected chi connectivity index (χ1v) is 6.71. The highest BCUT2D eigenvalue weighted by Crippen LogP contribution is 2.30. The average molecular weight is 228 g/mol. The Morgan fingerprint density at radius 3 is 2.75 bits per heavy atom. The first-order chi connectivity index (χ1) is 7.68. The summed E-state index contributed by atoms with van der Waals surface area (Å²) >= 11 is 0. The third-order valence-electron chi connectivity index (χ3n) is 4.02. The van der Waals surface area contributed by atoms with E-state index in [0.29, 0.717) is 6.10 Å². The number of nitrogens with two attached hydrogens (primary N) is 1. The van der Waals surface area contributed by atoms with E-state index in [9.17, 15) is 0 Å². The Hall–Kier alpha value is -0.120. The topological polar surface area (TPSA) is 38.5 Å². The number of nitrogens with zero attached hydrogens (tertiary/aromatic N) is 1. The number of hydrogen-bond donors (Lipinski definition) is 1. The Morgan fingerprint density at radius 1 is 1.44 bits per heavy atom. The van der Waals surface area contributed by atoms with E-state index in [1.54, 1.807) is 0 Å². The fraction of sp³-hybridized carbons (Fsp3) is 1.00. The Balaban J connectivity index is 2.60. The van der Waals surface area contributed by atoms with Gasteiger partial charge in [0.15, 0.2) is 0 Å². The normalized spacial score (nSPS) is 30.9. The summed E-state index contributed by atoms with van der Waals surface area (Å²) in [6.07, 6.45) is 6.19. The SMILES string of the molecule is CCCCN(C)C1(CN)CCOC(CC)C1. The molecule has 3 heteroatoms. The molecule has 0 aromatic heterocycles. The standard InChI is InChI=1S/C13H28N2O/c1-4-6-8-15(3)13(11-14)7-9-16-12(5-2)10-13/h12H,4-11,14H2,1-3H3. The van der Waals surface area contributed by atoms with Gasteiger partial charge in [-0.3, -0.25) is 4.90 Å². The predicted octanol–water partition coefficient (Wildman–Crippen LogP) is 2.00. The van der Waals surface area contributed by atoms with Crippen LogP contribution in [0.5, 0.6) is 0 Å². The molecule has 1 aliphatic heterocycles. The molecule has 0 aromatic rings. The molecule has 1 fully saturated rings. The zero-order chi connectivity index (χ0) is 12.0. The quantitative estimate of drug-likeness (QED) is 0.756. The summed E-state index contributed by atoms with van der Waals surface area (Å²) in [5, 5.41) is 0. The van der Waals surface area contributed by atoms with E-state index in [-0.39, 0.29) is 5.54 Å². The lowest BCUT2D eigenvalue weighted by Gasteiger charge is -2.46. The number of rotatable bonds is 6. The molecule has 0 radical (unpaired) electrons. The van der Waals surface area contributed by atoms with Gasteiger partial charge in [-0.25, -0.2) is 0 Å². The molecule has 0 amide bonds. The molecule has 0 spiro atoms. The van der Waals surface area contributed by atoms with Crippen molar-refractivity contribution in [3.8, 4) is 0 Å². The lowest BCUT2D eigenvalue weighted by atomic mass is 9.84. The summed E-state index contributed by atoms with van der Waals surface area (Å²) in [6.45, 7) is 7.22. The van der Waals surface area contributed by atoms with Crippen molar-refractivity contribution >= 4 is 0 Å². The largest absolute Gasteiger partial charge is 0.378 e. The minimum Gasteiger partial charge on any atom is -0.378 e. The summed E-state index contributed by atoms with van der Waals surface area (Å²) < 4.78 is 5.76. The summed E-state index contributed by atoms with van der Waals surface area (Å²) in [4.78, 5) is 2.47. The van der Waals surface area contributed by atoms with E-state index < -0.39 is 0 Å². The smallest absolute Gasteiger partial charge is 0.0590 e. The molecule has 3 nitrogen and oxygen atoms in total. The molecule has 1 aliphatic rings. The molecule has 0 aromatic carbocycles. The van der Waals surface area contributed by atoms with Crippen molar-refractivity contribution in [1.29, 1.82) is 0 Å². The van der Waals surface area contributed by atoms with Crippen molar-refractivity contribution in [2.45, 2.75) is 57.6 Å². The van der Waals surface area contributed by atoms with Gasteiger partial charge in [-0.05, 0) is 39.3 Å². The Bertz CT molecular complexity index is 198. The molecular weight excluding hydrogens is 200 g/mol. The van der Waals surface area contributed by atoms with Gasteiger partial charge < -0.3 is 10.5 Å². The summed E-state index contributed by atoms with van der Waals surface area (Å²) in [7, 11) is 2.22. The van der Waals surface area contributed by atoms with E-state index >= 15 is 0 Å². The molecule has 1 rings (SSSR count). The lowest BCUT2D eigenvalue weighted by Crippen LogP contribution is -2.57. The van der Waals surface area contributed by atoms with Gasteiger partial charge in [0.1, 0.15) is 0 Å². The second-order valence-corrected chi connectivity index (χ2v) is 5.06. The highest BCUT2D eigenvalue weighted by molar-refractivity contribution is 4.95. The van der Waals surface area contributed by atoms with Crippen LogP contribution in [0.1, 0.15) is 46.0 Å². The molecule has 0 bridgehead atoms. The molecule has 16 heavy (non-hydrogen) atoms. The van der Waals surface area contributed by atoms with Gasteiger partial charge in [0.2, 0.25) is 0 Å². The van der Waals surface area contributed by atoms with Crippen molar-refractivity contribution in [2.75, 3.05) is 26.7 Å². The predicted molar refractivity (Wildman–Crippen MR) is 68.6 cm³/mol. The van der Waals surface area contributed by atoms with Gasteiger partial charge in [0.25, 0.3) is 0 Å². The van der Waals surface area contributed by atoms with Crippen LogP contribution in [0.25, 0.3) is 0 Å². The van der Waals surface area contributed by atoms with Crippen LogP contribution >= 0.6 is 0 Å². The number of likely N-dealkylation sites (N-methyl/N-ethyl adjacent to an activating group) is 1. The van der Waals surface area contributed by atoms with Crippen LogP contribution in [0.15, 0.2) is 0 Å². The van der Waals surface area contributed by atoms with Crippen molar-refractivity contribution in [1.82, 2.24) is 4.90 Å². The summed E-state index contributed by atoms with van der Waals surface area (Å²) in [6, 6.07) is 0. The molecule has 0 aliphatic carbocycles. The second-order valence-electron chi connectivity index (χ2n) is 5.06. The third kappa shape index (κ3) is 3.19. The number of ether oxygens (including phenoxy) is 1. The maximum atomic E-state index is 6.03. The van der Waals surface area contributed by atoms with E-state index in [1.807, 2.05) is 0 Å². The number of unbranched alkanes of at least 4 members (excludes halogenated alkanes) is 1. The van der Waals surface area contributed by atoms with E-state index in [2.05, 4.69) is 25.8 Å². The van der Waals surface area contributed by atoms with Gasteiger partial charge in [-0.15, -0.1) is 0 Å². The molecule has 0 saturated carbocycles. The van der Waals surface area contributed by atoms with Crippen LogP contribution in [0.4, 0.5) is 0 Å². The third-order valence-corrected chi connectivity index (χ3v) is 4.02. The second kappa shape index (κ2) is 6.58. The Labute approximate surface area is 100 Å². The first-order valence-electron chi connectivity index (χ1n) is 6.71. The zero-order valence-electron chi connectivity index (χ0n) is 11.2. The molecule has 2 unspecified atom stereocenters. The molecule has 1 heterocycles. The van der Waals surface area contributed by atoms with E-state index in [1.165, 1.54) is 12.8 Å². The van der Waals surface area contributed by atoms with Gasteiger partial charge in [0.05, 0.1) is 6.10 Å². The lowest BCUT2D eigenvalue weighted by molar-refractivity contribution is -0.0650. The molecule has 2 atom stereocenters. The highest BCUT2D eigenvalue weighted by atomic mass is 16.5. The van der Waals surface area contributed by atoms with Crippen LogP contribution in [-0.4, -0.2) is 43.3 Å². The Kier molecular flexibility index (Phi) is 5.73. The van der Waals surface area contributed by atoms with Crippen molar-refractivity contribution in [2.24, 2.45) is 5.73 Å². The molecule has 1 saturated heterocycles. The molecular formula is C13H28N2O. The molecule has 2 N–H and O–H groups in total. The van der Waals surface area contributed by atoms with E-state index in [4.69, 9.17) is 10.5 Å². The van der Waals surface area contributed by atoms with Gasteiger partial charge >= 0.3 is 0 Å². The van der Waals surface area contributed by atoms with Crippen LogP contribution in [0.3, 0.4) is 0 Å². The van der Waals surface area contributed by atoms with Crippen LogP contribution < -0.4 is 5.73 Å². The monoisotopic (exact) mass is 228 g/mol. The first kappa shape index (κ1) is 13.9. The van der Waals surface area contributed by atoms with Crippen LogP contribution in [0.2, 0.25) is 0 Å². The van der Waals surface area contributed by atoms with Crippen molar-refractivity contribution < 1.29 is 4.74 Å². The fourth-order valence-corrected chi connectivity index (χ4v) is 2.58.